The topological polar surface area (TPSA) is 95.5 Å². The normalized spacial score (nSPS) is 10.6. The summed E-state index contributed by atoms with van der Waals surface area (Å²) in [5.74, 6) is 3.10. The number of amides is 1. The predicted octanol–water partition coefficient (Wildman–Crippen LogP) is -0.552. The molecule has 0 aliphatic rings. The third-order valence-corrected chi connectivity index (χ3v) is 3.86. The highest BCUT2D eigenvalue weighted by Crippen LogP contribution is 2.09. The molecule has 6 nitrogen and oxygen atoms in total. The number of rotatable bonds is 5. The molecule has 1 amide bonds. The lowest BCUT2D eigenvalue weighted by molar-refractivity contribution is 0.0952. The van der Waals surface area contributed by atoms with E-state index in [1.165, 1.54) is 19.2 Å². The van der Waals surface area contributed by atoms with Gasteiger partial charge in [0.2, 0.25) is 10.0 Å². The number of carbonyl (C=O) groups excluding carboxylic acids is 1. The zero-order valence-electron chi connectivity index (χ0n) is 11.3. The first-order valence-corrected chi connectivity index (χ1v) is 7.63. The zero-order valence-corrected chi connectivity index (χ0v) is 12.1. The quantitative estimate of drug-likeness (QED) is 0.635. The van der Waals surface area contributed by atoms with Crippen LogP contribution < -0.4 is 10.0 Å². The van der Waals surface area contributed by atoms with Crippen LogP contribution in [0, 0.1) is 17.7 Å². The standard InChI is InChI=1S/C13H15FN2O4S/c1-15-21(19,20)8-6-16-13(18)11-5-4-10(3-2-7-17)9-12(11)14/h4-5,9,15,17H,6-8H2,1H3,(H,16,18). The molecular weight excluding hydrogens is 299 g/mol. The summed E-state index contributed by atoms with van der Waals surface area (Å²) in [6.07, 6.45) is 0. The van der Waals surface area contributed by atoms with E-state index in [1.807, 2.05) is 0 Å². The van der Waals surface area contributed by atoms with Crippen molar-refractivity contribution in [1.29, 1.82) is 0 Å². The van der Waals surface area contributed by atoms with Crippen LogP contribution in [0.3, 0.4) is 0 Å². The molecule has 1 aromatic rings. The molecule has 0 unspecified atom stereocenters. The summed E-state index contributed by atoms with van der Waals surface area (Å²) in [6.45, 7) is -0.475. The van der Waals surface area contributed by atoms with Crippen LogP contribution in [-0.4, -0.2) is 45.4 Å². The molecule has 0 heterocycles. The van der Waals surface area contributed by atoms with Crippen LogP contribution in [0.4, 0.5) is 4.39 Å². The fraction of sp³-hybridized carbons (Fsp3) is 0.308. The van der Waals surface area contributed by atoms with E-state index < -0.39 is 21.7 Å². The van der Waals surface area contributed by atoms with Crippen molar-refractivity contribution < 1.29 is 22.7 Å². The van der Waals surface area contributed by atoms with Crippen molar-refractivity contribution in [2.24, 2.45) is 0 Å². The number of sulfonamides is 1. The van der Waals surface area contributed by atoms with Gasteiger partial charge in [-0.1, -0.05) is 11.8 Å². The van der Waals surface area contributed by atoms with Crippen LogP contribution in [0.15, 0.2) is 18.2 Å². The molecule has 0 aliphatic carbocycles. The van der Waals surface area contributed by atoms with E-state index in [0.29, 0.717) is 5.56 Å². The van der Waals surface area contributed by atoms with E-state index in [9.17, 15) is 17.6 Å². The SMILES string of the molecule is CNS(=O)(=O)CCNC(=O)c1ccc(C#CCO)cc1F. The Morgan fingerprint density at radius 1 is 1.43 bits per heavy atom. The average molecular weight is 314 g/mol. The summed E-state index contributed by atoms with van der Waals surface area (Å²) < 4.78 is 38.2. The van der Waals surface area contributed by atoms with Crippen LogP contribution in [0.25, 0.3) is 0 Å². The van der Waals surface area contributed by atoms with Gasteiger partial charge in [0.25, 0.3) is 5.91 Å². The van der Waals surface area contributed by atoms with Gasteiger partial charge in [-0.2, -0.15) is 0 Å². The number of hydrogen-bond donors (Lipinski definition) is 3. The molecule has 1 rings (SSSR count). The minimum Gasteiger partial charge on any atom is -0.384 e. The second-order valence-corrected chi connectivity index (χ2v) is 5.98. The van der Waals surface area contributed by atoms with E-state index in [0.717, 1.165) is 6.07 Å². The van der Waals surface area contributed by atoms with Crippen molar-refractivity contribution in [1.82, 2.24) is 10.0 Å². The highest BCUT2D eigenvalue weighted by molar-refractivity contribution is 7.89. The second kappa shape index (κ2) is 7.73. The molecule has 0 aromatic heterocycles. The number of aliphatic hydroxyl groups is 1. The molecule has 0 bridgehead atoms. The molecule has 0 spiro atoms. The molecule has 114 valence electrons. The Hall–Kier alpha value is -1.95. The molecular formula is C13H15FN2O4S. The minimum atomic E-state index is -3.42. The van der Waals surface area contributed by atoms with Gasteiger partial charge in [0.1, 0.15) is 12.4 Å². The first-order chi connectivity index (χ1) is 9.89. The van der Waals surface area contributed by atoms with Crippen LogP contribution >= 0.6 is 0 Å². The molecule has 0 fully saturated rings. The van der Waals surface area contributed by atoms with Gasteiger partial charge in [0.05, 0.1) is 11.3 Å². The lowest BCUT2D eigenvalue weighted by atomic mass is 10.1. The van der Waals surface area contributed by atoms with Crippen molar-refractivity contribution in [2.75, 3.05) is 26.0 Å². The first-order valence-electron chi connectivity index (χ1n) is 5.98. The number of carbonyl (C=O) groups is 1. The monoisotopic (exact) mass is 314 g/mol. The molecule has 0 radical (unpaired) electrons. The van der Waals surface area contributed by atoms with Gasteiger partial charge < -0.3 is 10.4 Å². The van der Waals surface area contributed by atoms with Crippen molar-refractivity contribution in [3.63, 3.8) is 0 Å². The number of halogens is 1. The lowest BCUT2D eigenvalue weighted by Gasteiger charge is -2.06. The third-order valence-electron chi connectivity index (χ3n) is 2.49. The molecule has 0 atom stereocenters. The Balaban J connectivity index is 2.71. The van der Waals surface area contributed by atoms with E-state index >= 15 is 0 Å². The fourth-order valence-corrected chi connectivity index (χ4v) is 1.99. The summed E-state index contributed by atoms with van der Waals surface area (Å²) in [4.78, 5) is 11.7. The summed E-state index contributed by atoms with van der Waals surface area (Å²) in [7, 11) is -2.16. The summed E-state index contributed by atoms with van der Waals surface area (Å²) in [5.41, 5.74) is 0.127. The Morgan fingerprint density at radius 3 is 2.71 bits per heavy atom. The van der Waals surface area contributed by atoms with Crippen molar-refractivity contribution >= 4 is 15.9 Å². The molecule has 0 saturated carbocycles. The number of aliphatic hydroxyl groups excluding tert-OH is 1. The Kier molecular flexibility index (Phi) is 6.30. The largest absolute Gasteiger partial charge is 0.384 e. The Bertz CT molecular complexity index is 677. The van der Waals surface area contributed by atoms with Crippen molar-refractivity contribution in [3.05, 3.63) is 35.1 Å². The van der Waals surface area contributed by atoms with Gasteiger partial charge in [0.15, 0.2) is 0 Å². The Labute approximate surface area is 122 Å². The minimum absolute atomic E-state index is 0.131. The summed E-state index contributed by atoms with van der Waals surface area (Å²) in [5, 5.41) is 10.9. The maximum Gasteiger partial charge on any atom is 0.254 e. The fourth-order valence-electron chi connectivity index (χ4n) is 1.41. The van der Waals surface area contributed by atoms with E-state index in [1.54, 1.807) is 0 Å². The Morgan fingerprint density at radius 2 is 2.14 bits per heavy atom. The molecule has 0 saturated heterocycles. The zero-order chi connectivity index (χ0) is 15.9. The van der Waals surface area contributed by atoms with Crippen LogP contribution in [0.5, 0.6) is 0 Å². The number of hydrogen-bond acceptors (Lipinski definition) is 4. The highest BCUT2D eigenvalue weighted by atomic mass is 32.2. The van der Waals surface area contributed by atoms with Crippen LogP contribution in [0.2, 0.25) is 0 Å². The van der Waals surface area contributed by atoms with Gasteiger partial charge in [-0.25, -0.2) is 17.5 Å². The molecule has 3 N–H and O–H groups in total. The number of benzene rings is 1. The number of nitrogens with one attached hydrogen (secondary N) is 2. The summed E-state index contributed by atoms with van der Waals surface area (Å²) in [6, 6.07) is 3.76. The third kappa shape index (κ3) is 5.51. The van der Waals surface area contributed by atoms with Crippen LogP contribution in [0.1, 0.15) is 15.9 Å². The van der Waals surface area contributed by atoms with Crippen molar-refractivity contribution in [3.8, 4) is 11.8 Å². The lowest BCUT2D eigenvalue weighted by Crippen LogP contribution is -2.33. The van der Waals surface area contributed by atoms with Gasteiger partial charge in [0, 0.05) is 12.1 Å². The van der Waals surface area contributed by atoms with E-state index in [2.05, 4.69) is 21.9 Å². The van der Waals surface area contributed by atoms with Gasteiger partial charge in [-0.15, -0.1) is 0 Å². The van der Waals surface area contributed by atoms with Crippen molar-refractivity contribution in [2.45, 2.75) is 0 Å². The highest BCUT2D eigenvalue weighted by Gasteiger charge is 2.13. The predicted molar refractivity (Wildman–Crippen MR) is 75.5 cm³/mol. The molecule has 0 aliphatic heterocycles. The maximum absolute atomic E-state index is 13.7. The average Bonchev–Trinajstić information content (AvgIpc) is 2.44. The van der Waals surface area contributed by atoms with Crippen LogP contribution in [-0.2, 0) is 10.0 Å². The van der Waals surface area contributed by atoms with E-state index in [-0.39, 0.29) is 24.5 Å². The smallest absolute Gasteiger partial charge is 0.254 e. The van der Waals surface area contributed by atoms with Gasteiger partial charge in [-0.3, -0.25) is 4.79 Å². The molecule has 8 heteroatoms. The molecule has 1 aromatic carbocycles. The second-order valence-electron chi connectivity index (χ2n) is 3.93. The first kappa shape index (κ1) is 17.1. The van der Waals surface area contributed by atoms with Gasteiger partial charge >= 0.3 is 0 Å². The summed E-state index contributed by atoms with van der Waals surface area (Å²) >= 11 is 0. The molecule has 21 heavy (non-hydrogen) atoms. The van der Waals surface area contributed by atoms with E-state index in [4.69, 9.17) is 5.11 Å². The van der Waals surface area contributed by atoms with Gasteiger partial charge in [-0.05, 0) is 25.2 Å². The maximum atomic E-state index is 13.7.